The van der Waals surface area contributed by atoms with Crippen molar-refractivity contribution in [3.05, 3.63) is 71.6 Å². The van der Waals surface area contributed by atoms with Crippen LogP contribution in [0.25, 0.3) is 0 Å². The highest BCUT2D eigenvalue weighted by molar-refractivity contribution is 7.94. The summed E-state index contributed by atoms with van der Waals surface area (Å²) >= 11 is 1.14. The van der Waals surface area contributed by atoms with Gasteiger partial charge in [0.2, 0.25) is 0 Å². The van der Waals surface area contributed by atoms with Gasteiger partial charge in [-0.3, -0.25) is 9.52 Å². The molecule has 0 aliphatic rings. The van der Waals surface area contributed by atoms with Gasteiger partial charge in [0.25, 0.3) is 15.9 Å². The number of anilines is 1. The molecule has 1 heterocycles. The van der Waals surface area contributed by atoms with Crippen LogP contribution >= 0.6 is 11.3 Å². The van der Waals surface area contributed by atoms with Crippen molar-refractivity contribution in [3.8, 4) is 11.5 Å². The Labute approximate surface area is 179 Å². The molecule has 3 aromatic rings. The van der Waals surface area contributed by atoms with Crippen molar-refractivity contribution in [2.75, 3.05) is 32.0 Å². The maximum absolute atomic E-state index is 12.6. The van der Waals surface area contributed by atoms with Gasteiger partial charge in [0, 0.05) is 18.3 Å². The molecule has 0 fully saturated rings. The van der Waals surface area contributed by atoms with Gasteiger partial charge >= 0.3 is 0 Å². The average molecular weight is 447 g/mol. The summed E-state index contributed by atoms with van der Waals surface area (Å²) in [6.45, 7) is 0.741. The Bertz CT molecular complexity index is 1060. The first-order valence-corrected chi connectivity index (χ1v) is 11.4. The number of thiophene rings is 1. The zero-order valence-corrected chi connectivity index (χ0v) is 18.2. The number of nitrogens with zero attached hydrogens (tertiary/aromatic N) is 1. The highest BCUT2D eigenvalue weighted by Gasteiger charge is 2.16. The number of methoxy groups -OCH3 is 1. The summed E-state index contributed by atoms with van der Waals surface area (Å²) in [5, 5.41) is 1.70. The normalized spacial score (nSPS) is 11.0. The van der Waals surface area contributed by atoms with Gasteiger partial charge in [-0.05, 0) is 60.0 Å². The minimum atomic E-state index is -3.61. The lowest BCUT2D eigenvalue weighted by Gasteiger charge is -2.18. The molecule has 9 heteroatoms. The van der Waals surface area contributed by atoms with Crippen LogP contribution in [-0.2, 0) is 10.0 Å². The fourth-order valence-electron chi connectivity index (χ4n) is 2.60. The van der Waals surface area contributed by atoms with E-state index < -0.39 is 10.0 Å². The van der Waals surface area contributed by atoms with E-state index >= 15 is 0 Å². The number of hydrogen-bond donors (Lipinski definition) is 1. The molecule has 0 aliphatic heterocycles. The Kier molecular flexibility index (Phi) is 6.96. The van der Waals surface area contributed by atoms with Crippen LogP contribution in [0.2, 0.25) is 0 Å². The van der Waals surface area contributed by atoms with Gasteiger partial charge in [-0.15, -0.1) is 11.3 Å². The lowest BCUT2D eigenvalue weighted by Crippen LogP contribution is -2.30. The average Bonchev–Trinajstić information content (AvgIpc) is 3.30. The first-order chi connectivity index (χ1) is 14.4. The predicted molar refractivity (Wildman–Crippen MR) is 117 cm³/mol. The van der Waals surface area contributed by atoms with E-state index in [0.717, 1.165) is 17.1 Å². The highest BCUT2D eigenvalue weighted by Crippen LogP contribution is 2.21. The van der Waals surface area contributed by atoms with Crippen molar-refractivity contribution in [3.63, 3.8) is 0 Å². The first kappa shape index (κ1) is 21.7. The van der Waals surface area contributed by atoms with Crippen LogP contribution in [0.3, 0.4) is 0 Å². The van der Waals surface area contributed by atoms with E-state index in [9.17, 15) is 13.2 Å². The second-order valence-electron chi connectivity index (χ2n) is 6.37. The third kappa shape index (κ3) is 5.52. The number of sulfonamides is 1. The van der Waals surface area contributed by atoms with E-state index in [2.05, 4.69) is 4.72 Å². The molecule has 3 rings (SSSR count). The molecule has 0 atom stereocenters. The first-order valence-electron chi connectivity index (χ1n) is 9.08. The largest absolute Gasteiger partial charge is 0.497 e. The number of likely N-dealkylation sites (N-methyl/N-ethyl adjacent to an activating group) is 1. The standard InChI is InChI=1S/C21H22N2O5S2/c1-23(13-14-28-19-11-9-18(27-2)10-12-19)21(24)16-5-7-17(8-6-16)22-30(25,26)20-4-3-15-29-20/h3-12,15,22H,13-14H2,1-2H3. The maximum Gasteiger partial charge on any atom is 0.271 e. The smallest absolute Gasteiger partial charge is 0.271 e. The SMILES string of the molecule is COc1ccc(OCCN(C)C(=O)c2ccc(NS(=O)(=O)c3cccs3)cc2)cc1. The van der Waals surface area contributed by atoms with E-state index in [0.29, 0.717) is 30.2 Å². The summed E-state index contributed by atoms with van der Waals surface area (Å²) in [6.07, 6.45) is 0. The Morgan fingerprint density at radius 1 is 1.03 bits per heavy atom. The molecule has 7 nitrogen and oxygen atoms in total. The van der Waals surface area contributed by atoms with Gasteiger partial charge in [0.1, 0.15) is 22.3 Å². The van der Waals surface area contributed by atoms with E-state index in [1.54, 1.807) is 79.0 Å². The van der Waals surface area contributed by atoms with Crippen LogP contribution < -0.4 is 14.2 Å². The van der Waals surface area contributed by atoms with Crippen LogP contribution in [0.5, 0.6) is 11.5 Å². The lowest BCUT2D eigenvalue weighted by molar-refractivity contribution is 0.0774. The molecular weight excluding hydrogens is 424 g/mol. The third-order valence-corrected chi connectivity index (χ3v) is 7.02. The number of carbonyl (C=O) groups is 1. The van der Waals surface area contributed by atoms with Crippen LogP contribution in [0, 0.1) is 0 Å². The van der Waals surface area contributed by atoms with Gasteiger partial charge < -0.3 is 14.4 Å². The number of carbonyl (C=O) groups excluding carboxylic acids is 1. The Balaban J connectivity index is 1.53. The number of benzene rings is 2. The van der Waals surface area contributed by atoms with Gasteiger partial charge in [0.05, 0.1) is 13.7 Å². The monoisotopic (exact) mass is 446 g/mol. The summed E-state index contributed by atoms with van der Waals surface area (Å²) in [5.74, 6) is 1.26. The molecule has 0 unspecified atom stereocenters. The molecule has 158 valence electrons. The molecule has 1 amide bonds. The fourth-order valence-corrected chi connectivity index (χ4v) is 4.65. The van der Waals surface area contributed by atoms with Crippen molar-refractivity contribution in [1.29, 1.82) is 0 Å². The molecule has 0 aliphatic carbocycles. The molecule has 0 radical (unpaired) electrons. The number of ether oxygens (including phenoxy) is 2. The Hall–Kier alpha value is -3.04. The lowest BCUT2D eigenvalue weighted by atomic mass is 10.2. The molecule has 0 spiro atoms. The summed E-state index contributed by atoms with van der Waals surface area (Å²) < 4.78 is 38.0. The van der Waals surface area contributed by atoms with E-state index in [1.807, 2.05) is 0 Å². The minimum Gasteiger partial charge on any atom is -0.497 e. The van der Waals surface area contributed by atoms with Gasteiger partial charge in [-0.1, -0.05) is 6.07 Å². The van der Waals surface area contributed by atoms with E-state index in [-0.39, 0.29) is 10.1 Å². The van der Waals surface area contributed by atoms with Crippen LogP contribution in [0.1, 0.15) is 10.4 Å². The van der Waals surface area contributed by atoms with E-state index in [1.165, 1.54) is 6.07 Å². The summed E-state index contributed by atoms with van der Waals surface area (Å²) in [6, 6.07) is 16.7. The minimum absolute atomic E-state index is 0.180. The second kappa shape index (κ2) is 9.64. The fraction of sp³-hybridized carbons (Fsp3) is 0.190. The topological polar surface area (TPSA) is 84.9 Å². The molecule has 0 bridgehead atoms. The molecular formula is C21H22N2O5S2. The summed E-state index contributed by atoms with van der Waals surface area (Å²) in [4.78, 5) is 14.1. The second-order valence-corrected chi connectivity index (χ2v) is 9.22. The molecule has 0 saturated heterocycles. The van der Waals surface area contributed by atoms with Crippen LogP contribution in [0.4, 0.5) is 5.69 Å². The quantitative estimate of drug-likeness (QED) is 0.542. The molecule has 1 aromatic heterocycles. The van der Waals surface area contributed by atoms with Gasteiger partial charge in [0.15, 0.2) is 0 Å². The van der Waals surface area contributed by atoms with Gasteiger partial charge in [-0.2, -0.15) is 0 Å². The highest BCUT2D eigenvalue weighted by atomic mass is 32.2. The number of rotatable bonds is 9. The molecule has 2 aromatic carbocycles. The zero-order chi connectivity index (χ0) is 21.6. The molecule has 30 heavy (non-hydrogen) atoms. The third-order valence-electron chi connectivity index (χ3n) is 4.25. The van der Waals surface area contributed by atoms with Crippen molar-refractivity contribution >= 4 is 33.0 Å². The maximum atomic E-state index is 12.6. The molecule has 0 saturated carbocycles. The summed E-state index contributed by atoms with van der Waals surface area (Å²) in [7, 11) is -0.327. The van der Waals surface area contributed by atoms with Crippen molar-refractivity contribution in [1.82, 2.24) is 4.90 Å². The number of amides is 1. The Morgan fingerprint density at radius 3 is 2.30 bits per heavy atom. The number of nitrogens with one attached hydrogen (secondary N) is 1. The van der Waals surface area contributed by atoms with Crippen molar-refractivity contribution in [2.45, 2.75) is 4.21 Å². The predicted octanol–water partition coefficient (Wildman–Crippen LogP) is 3.71. The van der Waals surface area contributed by atoms with Crippen molar-refractivity contribution in [2.24, 2.45) is 0 Å². The summed E-state index contributed by atoms with van der Waals surface area (Å²) in [5.41, 5.74) is 0.853. The van der Waals surface area contributed by atoms with E-state index in [4.69, 9.17) is 9.47 Å². The molecule has 1 N–H and O–H groups in total. The van der Waals surface area contributed by atoms with Crippen LogP contribution in [0.15, 0.2) is 70.3 Å². The van der Waals surface area contributed by atoms with Crippen LogP contribution in [-0.4, -0.2) is 46.5 Å². The number of hydrogen-bond acceptors (Lipinski definition) is 6. The van der Waals surface area contributed by atoms with Crippen molar-refractivity contribution < 1.29 is 22.7 Å². The van der Waals surface area contributed by atoms with Gasteiger partial charge in [-0.25, -0.2) is 8.42 Å². The Morgan fingerprint density at radius 2 is 1.70 bits per heavy atom. The zero-order valence-electron chi connectivity index (χ0n) is 16.6.